The van der Waals surface area contributed by atoms with Crippen LogP contribution in [0.5, 0.6) is 11.5 Å². The van der Waals surface area contributed by atoms with Gasteiger partial charge in [-0.2, -0.15) is 13.2 Å². The first-order valence-corrected chi connectivity index (χ1v) is 8.00. The number of ether oxygens (including phenoxy) is 1. The Bertz CT molecular complexity index is 824. The molecule has 26 heavy (non-hydrogen) atoms. The molecule has 0 aliphatic heterocycles. The van der Waals surface area contributed by atoms with Gasteiger partial charge in [-0.3, -0.25) is 4.79 Å². The average Bonchev–Trinajstić information content (AvgIpc) is 3.38. The summed E-state index contributed by atoms with van der Waals surface area (Å²) in [5.74, 6) is -0.928. The Morgan fingerprint density at radius 2 is 1.69 bits per heavy atom. The van der Waals surface area contributed by atoms with E-state index in [1.54, 1.807) is 14.1 Å². The summed E-state index contributed by atoms with van der Waals surface area (Å²) in [4.78, 5) is 13.2. The average molecular weight is 367 g/mol. The van der Waals surface area contributed by atoms with Crippen molar-refractivity contribution >= 4 is 5.91 Å². The van der Waals surface area contributed by atoms with Gasteiger partial charge in [-0.15, -0.1) is 0 Å². The number of nitrogens with zero attached hydrogens (tertiary/aromatic N) is 1. The minimum atomic E-state index is -4.39. The summed E-state index contributed by atoms with van der Waals surface area (Å²) >= 11 is 0. The number of amides is 1. The summed E-state index contributed by atoms with van der Waals surface area (Å²) in [5.41, 5.74) is -1.57. The molecule has 1 aliphatic carbocycles. The lowest BCUT2D eigenvalue weighted by atomic mass is 9.95. The fourth-order valence-electron chi connectivity index (χ4n) is 2.79. The molecule has 1 aliphatic rings. The summed E-state index contributed by atoms with van der Waals surface area (Å²) < 4.78 is 59.0. The third kappa shape index (κ3) is 3.25. The van der Waals surface area contributed by atoms with Crippen LogP contribution in [0.2, 0.25) is 0 Å². The van der Waals surface area contributed by atoms with Crippen molar-refractivity contribution in [2.24, 2.45) is 0 Å². The van der Waals surface area contributed by atoms with E-state index < -0.39 is 17.4 Å². The molecule has 3 rings (SSSR count). The smallest absolute Gasteiger partial charge is 0.398 e. The number of hydrogen-bond donors (Lipinski definition) is 0. The minimum Gasteiger partial charge on any atom is -0.454 e. The molecule has 3 nitrogen and oxygen atoms in total. The first-order chi connectivity index (χ1) is 12.1. The lowest BCUT2D eigenvalue weighted by molar-refractivity contribution is -0.160. The van der Waals surface area contributed by atoms with Crippen molar-refractivity contribution < 1.29 is 27.1 Å². The Morgan fingerprint density at radius 3 is 2.15 bits per heavy atom. The predicted molar refractivity (Wildman–Crippen MR) is 87.9 cm³/mol. The lowest BCUT2D eigenvalue weighted by Gasteiger charge is -2.20. The van der Waals surface area contributed by atoms with Crippen LogP contribution in [0.15, 0.2) is 42.5 Å². The van der Waals surface area contributed by atoms with Crippen LogP contribution in [0.4, 0.5) is 17.6 Å². The van der Waals surface area contributed by atoms with Gasteiger partial charge < -0.3 is 9.64 Å². The molecule has 1 saturated carbocycles. The molecule has 7 heteroatoms. The Balaban J connectivity index is 1.78. The number of benzene rings is 2. The van der Waals surface area contributed by atoms with Crippen LogP contribution in [0.1, 0.15) is 28.8 Å². The number of halogens is 4. The molecule has 0 spiro atoms. The first kappa shape index (κ1) is 18.2. The number of rotatable bonds is 4. The van der Waals surface area contributed by atoms with Crippen LogP contribution in [-0.2, 0) is 5.41 Å². The van der Waals surface area contributed by atoms with E-state index in [2.05, 4.69) is 0 Å². The molecule has 0 radical (unpaired) electrons. The fraction of sp³-hybridized carbons (Fsp3) is 0.316. The van der Waals surface area contributed by atoms with Gasteiger partial charge in [0.2, 0.25) is 0 Å². The second-order valence-electron chi connectivity index (χ2n) is 6.55. The van der Waals surface area contributed by atoms with Crippen LogP contribution >= 0.6 is 0 Å². The maximum atomic E-state index is 14.2. The zero-order valence-electron chi connectivity index (χ0n) is 14.2. The van der Waals surface area contributed by atoms with E-state index in [1.165, 1.54) is 41.3 Å². The molecule has 2 aromatic carbocycles. The molecule has 0 heterocycles. The standard InChI is InChI=1S/C19H17F4NO2/c1-24(2)17(25)12-3-6-14(7-4-12)26-16-8-5-13(11-15(16)20)18(9-10-18)19(21,22)23/h3-8,11H,9-10H2,1-2H3. The third-order valence-electron chi connectivity index (χ3n) is 4.51. The summed E-state index contributed by atoms with van der Waals surface area (Å²) in [5, 5.41) is 0. The monoisotopic (exact) mass is 367 g/mol. The van der Waals surface area contributed by atoms with Gasteiger partial charge in [0.15, 0.2) is 11.6 Å². The van der Waals surface area contributed by atoms with Gasteiger partial charge in [0.05, 0.1) is 5.41 Å². The van der Waals surface area contributed by atoms with Crippen LogP contribution < -0.4 is 4.74 Å². The molecule has 2 aromatic rings. The molecule has 0 saturated heterocycles. The van der Waals surface area contributed by atoms with Gasteiger partial charge >= 0.3 is 6.18 Å². The largest absolute Gasteiger partial charge is 0.454 e. The normalized spacial score (nSPS) is 15.5. The topological polar surface area (TPSA) is 29.5 Å². The summed E-state index contributed by atoms with van der Waals surface area (Å²) in [6.07, 6.45) is -4.45. The minimum absolute atomic E-state index is 0.0302. The van der Waals surface area contributed by atoms with Crippen molar-refractivity contribution in [2.75, 3.05) is 14.1 Å². The first-order valence-electron chi connectivity index (χ1n) is 8.00. The van der Waals surface area contributed by atoms with E-state index in [9.17, 15) is 22.4 Å². The zero-order valence-corrected chi connectivity index (χ0v) is 14.2. The van der Waals surface area contributed by atoms with Gasteiger partial charge in [-0.05, 0) is 54.8 Å². The lowest BCUT2D eigenvalue weighted by Crippen LogP contribution is -2.28. The van der Waals surface area contributed by atoms with Gasteiger partial charge in [0, 0.05) is 19.7 Å². The van der Waals surface area contributed by atoms with Crippen molar-refractivity contribution in [1.82, 2.24) is 4.90 Å². The molecular formula is C19H17F4NO2. The maximum Gasteiger partial charge on any atom is 0.398 e. The van der Waals surface area contributed by atoms with E-state index in [0.717, 1.165) is 6.07 Å². The Morgan fingerprint density at radius 1 is 1.08 bits per heavy atom. The van der Waals surface area contributed by atoms with Crippen molar-refractivity contribution in [2.45, 2.75) is 24.4 Å². The van der Waals surface area contributed by atoms with Gasteiger partial charge in [-0.25, -0.2) is 4.39 Å². The number of carbonyl (C=O) groups is 1. The highest BCUT2D eigenvalue weighted by Crippen LogP contribution is 2.59. The molecule has 1 fully saturated rings. The summed E-state index contributed by atoms with van der Waals surface area (Å²) in [6.45, 7) is 0. The predicted octanol–water partition coefficient (Wildman–Crippen LogP) is 4.91. The maximum absolute atomic E-state index is 14.2. The quantitative estimate of drug-likeness (QED) is 0.719. The van der Waals surface area contributed by atoms with Crippen LogP contribution in [-0.4, -0.2) is 31.1 Å². The molecule has 0 N–H and O–H groups in total. The molecule has 0 atom stereocenters. The van der Waals surface area contributed by atoms with Crippen molar-refractivity contribution in [1.29, 1.82) is 0 Å². The van der Waals surface area contributed by atoms with Crippen molar-refractivity contribution in [3.05, 3.63) is 59.4 Å². The fourth-order valence-corrected chi connectivity index (χ4v) is 2.79. The van der Waals surface area contributed by atoms with Crippen molar-refractivity contribution in [3.63, 3.8) is 0 Å². The second-order valence-corrected chi connectivity index (χ2v) is 6.55. The van der Waals surface area contributed by atoms with E-state index in [4.69, 9.17) is 4.74 Å². The van der Waals surface area contributed by atoms with Crippen LogP contribution in [0, 0.1) is 5.82 Å². The number of alkyl halides is 3. The Hall–Kier alpha value is -2.57. The highest BCUT2D eigenvalue weighted by Gasteiger charge is 2.64. The van der Waals surface area contributed by atoms with Gasteiger partial charge in [0.25, 0.3) is 5.91 Å². The van der Waals surface area contributed by atoms with E-state index in [0.29, 0.717) is 5.56 Å². The van der Waals surface area contributed by atoms with Crippen LogP contribution in [0.3, 0.4) is 0 Å². The summed E-state index contributed by atoms with van der Waals surface area (Å²) in [7, 11) is 3.24. The summed E-state index contributed by atoms with van der Waals surface area (Å²) in [6, 6.07) is 9.42. The van der Waals surface area contributed by atoms with E-state index in [1.807, 2.05) is 0 Å². The Kier molecular flexibility index (Phi) is 4.42. The Labute approximate surface area is 148 Å². The second kappa shape index (κ2) is 6.30. The third-order valence-corrected chi connectivity index (χ3v) is 4.51. The zero-order chi connectivity index (χ0) is 19.1. The van der Waals surface area contributed by atoms with Gasteiger partial charge in [0.1, 0.15) is 5.75 Å². The molecule has 0 aromatic heterocycles. The SMILES string of the molecule is CN(C)C(=O)c1ccc(Oc2ccc(C3(C(F)(F)F)CC3)cc2F)cc1. The van der Waals surface area contributed by atoms with Gasteiger partial charge in [-0.1, -0.05) is 6.07 Å². The molecule has 0 unspecified atom stereocenters. The molecule has 1 amide bonds. The van der Waals surface area contributed by atoms with E-state index in [-0.39, 0.29) is 35.8 Å². The number of hydrogen-bond acceptors (Lipinski definition) is 2. The highest BCUT2D eigenvalue weighted by atomic mass is 19.4. The molecule has 0 bridgehead atoms. The molecule has 138 valence electrons. The van der Waals surface area contributed by atoms with Crippen LogP contribution in [0.25, 0.3) is 0 Å². The highest BCUT2D eigenvalue weighted by molar-refractivity contribution is 5.93. The van der Waals surface area contributed by atoms with E-state index >= 15 is 0 Å². The number of carbonyl (C=O) groups excluding carboxylic acids is 1. The van der Waals surface area contributed by atoms with Crippen molar-refractivity contribution in [3.8, 4) is 11.5 Å². The molecular weight excluding hydrogens is 350 g/mol.